The monoisotopic (exact) mass is 744 g/mol. The molecule has 0 atom stereocenters. The molecular weight excluding hydrogens is 692 g/mol. The van der Waals surface area contributed by atoms with Gasteiger partial charge in [-0.15, -0.1) is 0 Å². The molecule has 20 nitrogen and oxygen atoms in total. The molecule has 0 aliphatic carbocycles. The Balaban J connectivity index is 1.88. The molecule has 0 fully saturated rings. The molecule has 2 amide bonds. The first-order valence-corrected chi connectivity index (χ1v) is 17.1. The van der Waals surface area contributed by atoms with Gasteiger partial charge in [0.05, 0.1) is 22.8 Å². The molecular formula is C34H52N18O2. The predicted octanol–water partition coefficient (Wildman–Crippen LogP) is 2.25. The number of carbonyl (C=O) groups excluding carboxylic acids is 2. The summed E-state index contributed by atoms with van der Waals surface area (Å²) in [6.07, 6.45) is 10.9. The Kier molecular flexibility index (Phi) is 20.2. The predicted molar refractivity (Wildman–Crippen MR) is 219 cm³/mol. The summed E-state index contributed by atoms with van der Waals surface area (Å²) >= 11 is 0. The molecule has 0 unspecified atom stereocenters. The molecule has 14 N–H and O–H groups in total. The topological polar surface area (TPSA) is 309 Å². The van der Waals surface area contributed by atoms with E-state index in [1.807, 2.05) is 64.1 Å². The smallest absolute Gasteiger partial charge is 0.224 e. The Morgan fingerprint density at radius 2 is 0.722 bits per heavy atom. The zero-order valence-corrected chi connectivity index (χ0v) is 31.1. The quantitative estimate of drug-likeness (QED) is 0.0260. The van der Waals surface area contributed by atoms with Gasteiger partial charge in [0, 0.05) is 46.5 Å². The van der Waals surface area contributed by atoms with Gasteiger partial charge in [-0.3, -0.25) is 31.3 Å². The first-order chi connectivity index (χ1) is 26.1. The van der Waals surface area contributed by atoms with E-state index in [9.17, 15) is 9.59 Å². The van der Waals surface area contributed by atoms with Crippen LogP contribution in [0.1, 0.15) is 101 Å². The van der Waals surface area contributed by atoms with E-state index < -0.39 is 0 Å². The second-order valence-corrected chi connectivity index (χ2v) is 11.7. The minimum atomic E-state index is -0.0998. The number of hydrogen-bond acceptors (Lipinski definition) is 14. The average Bonchev–Trinajstić information content (AvgIpc) is 3.15. The third-order valence-corrected chi connectivity index (χ3v) is 7.62. The minimum absolute atomic E-state index is 0.0998. The van der Waals surface area contributed by atoms with Crippen molar-refractivity contribution in [3.05, 3.63) is 58.7 Å². The molecule has 0 radical (unpaired) electrons. The molecule has 0 heterocycles. The van der Waals surface area contributed by atoms with Crippen LogP contribution in [0.5, 0.6) is 0 Å². The van der Waals surface area contributed by atoms with Crippen molar-refractivity contribution in [3.8, 4) is 0 Å². The van der Waals surface area contributed by atoms with Crippen LogP contribution in [-0.4, -0.2) is 60.0 Å². The van der Waals surface area contributed by atoms with Gasteiger partial charge < -0.3 is 34.0 Å². The normalized spacial score (nSPS) is 12.9. The maximum Gasteiger partial charge on any atom is 0.224 e. The summed E-state index contributed by atoms with van der Waals surface area (Å²) in [6, 6.07) is 11.1. The Bertz CT molecular complexity index is 1540. The van der Waals surface area contributed by atoms with Crippen LogP contribution in [0.25, 0.3) is 0 Å². The lowest BCUT2D eigenvalue weighted by Gasteiger charge is -2.12. The van der Waals surface area contributed by atoms with Crippen LogP contribution in [0.3, 0.4) is 0 Å². The van der Waals surface area contributed by atoms with E-state index in [1.165, 1.54) is 25.4 Å². The van der Waals surface area contributed by atoms with E-state index in [1.54, 1.807) is 0 Å². The molecule has 54 heavy (non-hydrogen) atoms. The highest BCUT2D eigenvalue weighted by Crippen LogP contribution is 2.20. The second-order valence-electron chi connectivity index (χ2n) is 11.7. The lowest BCUT2D eigenvalue weighted by atomic mass is 10.0. The molecule has 2 aromatic rings. The summed E-state index contributed by atoms with van der Waals surface area (Å²) in [6.45, 7) is 7.24. The van der Waals surface area contributed by atoms with E-state index in [0.717, 1.165) is 60.8 Å². The number of unbranched alkanes of at least 4 members (excludes halogenated alkanes) is 5. The van der Waals surface area contributed by atoms with Gasteiger partial charge in [-0.05, 0) is 76.9 Å². The molecule has 2 rings (SSSR count). The first-order valence-electron chi connectivity index (χ1n) is 17.1. The highest BCUT2D eigenvalue weighted by atomic mass is 16.2. The third-order valence-electron chi connectivity index (χ3n) is 7.62. The summed E-state index contributed by atoms with van der Waals surface area (Å²) < 4.78 is 0. The van der Waals surface area contributed by atoms with E-state index in [0.29, 0.717) is 47.1 Å². The average molecular weight is 745 g/mol. The fourth-order valence-corrected chi connectivity index (χ4v) is 4.85. The number of nitrogens with one attached hydrogen (secondary N) is 6. The minimum Gasteiger partial charge on any atom is -0.326 e. The van der Waals surface area contributed by atoms with Gasteiger partial charge in [0.2, 0.25) is 11.8 Å². The molecule has 0 bridgehead atoms. The highest BCUT2D eigenvalue weighted by Gasteiger charge is 2.11. The number of benzene rings is 2. The van der Waals surface area contributed by atoms with Crippen LogP contribution in [0.2, 0.25) is 0 Å². The summed E-state index contributed by atoms with van der Waals surface area (Å²) in [5.74, 6) is 20.3. The largest absolute Gasteiger partial charge is 0.326 e. The summed E-state index contributed by atoms with van der Waals surface area (Å²) in [5, 5.41) is 36.3. The van der Waals surface area contributed by atoms with Gasteiger partial charge >= 0.3 is 0 Å². The van der Waals surface area contributed by atoms with E-state index in [-0.39, 0.29) is 11.8 Å². The lowest BCUT2D eigenvalue weighted by Crippen LogP contribution is -2.14. The van der Waals surface area contributed by atoms with Crippen molar-refractivity contribution in [1.29, 1.82) is 0 Å². The van der Waals surface area contributed by atoms with Crippen molar-refractivity contribution in [1.82, 2.24) is 21.7 Å². The van der Waals surface area contributed by atoms with Crippen LogP contribution in [-0.2, 0) is 9.59 Å². The zero-order valence-electron chi connectivity index (χ0n) is 31.1. The number of rotatable bonds is 23. The maximum absolute atomic E-state index is 12.8. The van der Waals surface area contributed by atoms with Crippen molar-refractivity contribution < 1.29 is 9.59 Å². The molecule has 0 spiro atoms. The van der Waals surface area contributed by atoms with Gasteiger partial charge in [0.1, 0.15) is 25.4 Å². The van der Waals surface area contributed by atoms with Crippen molar-refractivity contribution in [2.75, 3.05) is 10.6 Å². The van der Waals surface area contributed by atoms with Crippen molar-refractivity contribution >= 4 is 71.4 Å². The molecule has 2 aromatic carbocycles. The summed E-state index contributed by atoms with van der Waals surface area (Å²) in [5.41, 5.74) is 17.4. The highest BCUT2D eigenvalue weighted by molar-refractivity contribution is 6.07. The standard InChI is InChI=1S/C34H52N18O2/c1-23(49-43-19-39-35)27-13-28(24(2)50-44-20-40-36)16-31(15-27)47-33(53)11-9-7-5-6-8-10-12-34(54)48-32-17-29(25(3)51-45-21-41-37)14-30(18-32)26(4)52-46-22-42-38/h13-22H,5-12,35-38H2,1-4H3,(H,39,43)(H,40,44)(H,41,45)(H,42,46)(H,47,53)(H,48,54). The van der Waals surface area contributed by atoms with Gasteiger partial charge in [0.25, 0.3) is 0 Å². The number of hydrazone groups is 8. The SMILES string of the molecule is CC(=NNC=NN)c1cc(NC(=O)CCCCCCCCC(=O)Nc2cc(C(C)=NNC=NN)cc(C(C)=NNC=NN)c2)cc(C(C)=NNC=NN)c1. The molecule has 290 valence electrons. The lowest BCUT2D eigenvalue weighted by molar-refractivity contribution is -0.117. The van der Waals surface area contributed by atoms with Gasteiger partial charge in [-0.2, -0.15) is 40.8 Å². The van der Waals surface area contributed by atoms with Crippen LogP contribution in [0, 0.1) is 0 Å². The number of carbonyl (C=O) groups is 2. The molecule has 0 aromatic heterocycles. The van der Waals surface area contributed by atoms with Gasteiger partial charge in [-0.25, -0.2) is 0 Å². The fraction of sp³-hybridized carbons (Fsp3) is 0.353. The van der Waals surface area contributed by atoms with Crippen molar-refractivity contribution in [2.24, 2.45) is 64.2 Å². The number of amides is 2. The van der Waals surface area contributed by atoms with E-state index in [2.05, 4.69) is 73.1 Å². The Labute approximate surface area is 314 Å². The number of anilines is 2. The zero-order chi connectivity index (χ0) is 39.6. The molecule has 0 aliphatic heterocycles. The van der Waals surface area contributed by atoms with Gasteiger partial charge in [-0.1, -0.05) is 25.7 Å². The van der Waals surface area contributed by atoms with Crippen LogP contribution < -0.4 is 55.7 Å². The molecule has 0 saturated heterocycles. The number of hydrogen-bond donors (Lipinski definition) is 10. The number of nitrogens with two attached hydrogens (primary N) is 4. The Morgan fingerprint density at radius 3 is 0.981 bits per heavy atom. The first kappa shape index (κ1) is 43.3. The Hall–Kier alpha value is -6.86. The van der Waals surface area contributed by atoms with Crippen LogP contribution >= 0.6 is 0 Å². The van der Waals surface area contributed by atoms with Gasteiger partial charge in [0.15, 0.2) is 0 Å². The maximum atomic E-state index is 12.8. The summed E-state index contributed by atoms with van der Waals surface area (Å²) in [4.78, 5) is 25.7. The van der Waals surface area contributed by atoms with E-state index in [4.69, 9.17) is 23.4 Å². The third kappa shape index (κ3) is 16.9. The fourth-order valence-electron chi connectivity index (χ4n) is 4.85. The van der Waals surface area contributed by atoms with Crippen LogP contribution in [0.15, 0.2) is 77.2 Å². The molecule has 20 heteroatoms. The van der Waals surface area contributed by atoms with E-state index >= 15 is 0 Å². The summed E-state index contributed by atoms with van der Waals surface area (Å²) in [7, 11) is 0. The molecule has 0 saturated carbocycles. The Morgan fingerprint density at radius 1 is 0.463 bits per heavy atom. The second kappa shape index (κ2) is 25.2. The number of nitrogens with zero attached hydrogens (tertiary/aromatic N) is 8. The van der Waals surface area contributed by atoms with Crippen LogP contribution in [0.4, 0.5) is 11.4 Å². The van der Waals surface area contributed by atoms with Crippen molar-refractivity contribution in [3.63, 3.8) is 0 Å². The molecule has 0 aliphatic rings. The van der Waals surface area contributed by atoms with Crippen molar-refractivity contribution in [2.45, 2.75) is 79.1 Å².